The van der Waals surface area contributed by atoms with E-state index in [0.29, 0.717) is 5.54 Å². The predicted octanol–water partition coefficient (Wildman–Crippen LogP) is 0.492. The molecule has 2 heterocycles. The van der Waals surface area contributed by atoms with Crippen LogP contribution in [0.5, 0.6) is 0 Å². The molecule has 0 atom stereocenters. The van der Waals surface area contributed by atoms with Gasteiger partial charge >= 0.3 is 0 Å². The highest BCUT2D eigenvalue weighted by Crippen LogP contribution is 2.27. The lowest BCUT2D eigenvalue weighted by molar-refractivity contribution is 0.277. The fourth-order valence-electron chi connectivity index (χ4n) is 2.20. The van der Waals surface area contributed by atoms with Crippen LogP contribution in [0.2, 0.25) is 0 Å². The van der Waals surface area contributed by atoms with Crippen molar-refractivity contribution < 1.29 is 0 Å². The summed E-state index contributed by atoms with van der Waals surface area (Å²) in [5, 5.41) is 7.03. The van der Waals surface area contributed by atoms with Gasteiger partial charge in [-0.15, -0.1) is 0 Å². The van der Waals surface area contributed by atoms with Crippen molar-refractivity contribution in [3.05, 3.63) is 0 Å². The molecule has 0 unspecified atom stereocenters. The Morgan fingerprint density at radius 3 is 2.30 bits per heavy atom. The van der Waals surface area contributed by atoms with Crippen LogP contribution in [0.15, 0.2) is 0 Å². The summed E-state index contributed by atoms with van der Waals surface area (Å²) in [6.45, 7) is 3.68. The molecule has 0 saturated carbocycles. The lowest BCUT2D eigenvalue weighted by atomic mass is 9.87. The van der Waals surface area contributed by atoms with Crippen LogP contribution < -0.4 is 10.6 Å². The molecule has 2 rings (SSSR count). The average Bonchev–Trinajstić information content (AvgIpc) is 2.39. The summed E-state index contributed by atoms with van der Waals surface area (Å²) in [5.41, 5.74) is 0.561. The van der Waals surface area contributed by atoms with E-state index in [1.54, 1.807) is 0 Å². The van der Waals surface area contributed by atoms with Crippen molar-refractivity contribution in [2.75, 3.05) is 19.6 Å². The highest BCUT2D eigenvalue weighted by atomic mass is 15.0. The zero-order chi connectivity index (χ0) is 6.86. The summed E-state index contributed by atoms with van der Waals surface area (Å²) in [4.78, 5) is 0. The summed E-state index contributed by atoms with van der Waals surface area (Å²) >= 11 is 0. The van der Waals surface area contributed by atoms with Crippen LogP contribution in [0, 0.1) is 0 Å². The summed E-state index contributed by atoms with van der Waals surface area (Å²) < 4.78 is 0. The smallest absolute Gasteiger partial charge is 0.0206 e. The van der Waals surface area contributed by atoms with Gasteiger partial charge in [0.25, 0.3) is 0 Å². The van der Waals surface area contributed by atoms with Crippen molar-refractivity contribution in [2.24, 2.45) is 0 Å². The first-order valence-corrected chi connectivity index (χ1v) is 4.37. The van der Waals surface area contributed by atoms with Crippen LogP contribution in [-0.2, 0) is 0 Å². The lowest BCUT2D eigenvalue weighted by Crippen LogP contribution is -2.48. The van der Waals surface area contributed by atoms with E-state index in [0.717, 1.165) is 0 Å². The van der Waals surface area contributed by atoms with E-state index in [-0.39, 0.29) is 0 Å². The maximum atomic E-state index is 3.63. The number of hydrogen-bond donors (Lipinski definition) is 2. The van der Waals surface area contributed by atoms with Gasteiger partial charge in [-0.2, -0.15) is 0 Å². The minimum Gasteiger partial charge on any atom is -0.317 e. The SMILES string of the molecule is C1CNC2(C1)CCNCC2. The molecule has 2 N–H and O–H groups in total. The molecule has 0 aromatic rings. The van der Waals surface area contributed by atoms with Crippen LogP contribution in [-0.4, -0.2) is 25.2 Å². The quantitative estimate of drug-likeness (QED) is 0.512. The topological polar surface area (TPSA) is 24.1 Å². The average molecular weight is 140 g/mol. The van der Waals surface area contributed by atoms with Gasteiger partial charge in [0.15, 0.2) is 0 Å². The van der Waals surface area contributed by atoms with E-state index >= 15 is 0 Å². The van der Waals surface area contributed by atoms with Gasteiger partial charge in [-0.3, -0.25) is 0 Å². The lowest BCUT2D eigenvalue weighted by Gasteiger charge is -2.33. The predicted molar refractivity (Wildman–Crippen MR) is 42.1 cm³/mol. The molecule has 0 amide bonds. The molecular formula is C8H16N2. The minimum atomic E-state index is 0.561. The van der Waals surface area contributed by atoms with Gasteiger partial charge in [-0.25, -0.2) is 0 Å². The molecule has 2 aliphatic rings. The Labute approximate surface area is 62.4 Å². The van der Waals surface area contributed by atoms with Gasteiger partial charge in [-0.05, 0) is 45.3 Å². The van der Waals surface area contributed by atoms with Crippen molar-refractivity contribution in [3.63, 3.8) is 0 Å². The normalized spacial score (nSPS) is 31.2. The summed E-state index contributed by atoms with van der Waals surface area (Å²) in [6, 6.07) is 0. The monoisotopic (exact) mass is 140 g/mol. The Morgan fingerprint density at radius 1 is 0.900 bits per heavy atom. The highest BCUT2D eigenvalue weighted by Gasteiger charge is 2.33. The minimum absolute atomic E-state index is 0.561. The van der Waals surface area contributed by atoms with Crippen LogP contribution in [0.4, 0.5) is 0 Å². The van der Waals surface area contributed by atoms with Gasteiger partial charge < -0.3 is 10.6 Å². The Morgan fingerprint density at radius 2 is 1.70 bits per heavy atom. The second kappa shape index (κ2) is 2.51. The van der Waals surface area contributed by atoms with Gasteiger partial charge in [0.1, 0.15) is 0 Å². The summed E-state index contributed by atoms with van der Waals surface area (Å²) in [5.74, 6) is 0. The fourth-order valence-corrected chi connectivity index (χ4v) is 2.20. The first kappa shape index (κ1) is 6.62. The molecule has 2 saturated heterocycles. The molecule has 0 aromatic heterocycles. The van der Waals surface area contributed by atoms with E-state index < -0.39 is 0 Å². The number of nitrogens with one attached hydrogen (secondary N) is 2. The molecule has 1 spiro atoms. The third-order valence-electron chi connectivity index (χ3n) is 2.89. The first-order chi connectivity index (χ1) is 4.91. The third kappa shape index (κ3) is 1.06. The first-order valence-electron chi connectivity index (χ1n) is 4.37. The van der Waals surface area contributed by atoms with E-state index in [9.17, 15) is 0 Å². The third-order valence-corrected chi connectivity index (χ3v) is 2.89. The zero-order valence-electron chi connectivity index (χ0n) is 6.45. The molecule has 2 fully saturated rings. The molecule has 2 nitrogen and oxygen atoms in total. The number of rotatable bonds is 0. The maximum Gasteiger partial charge on any atom is 0.0206 e. The molecule has 0 aromatic carbocycles. The van der Waals surface area contributed by atoms with Crippen LogP contribution in [0.3, 0.4) is 0 Å². The molecule has 10 heavy (non-hydrogen) atoms. The highest BCUT2D eigenvalue weighted by molar-refractivity contribution is 4.95. The molecule has 2 heteroatoms. The maximum absolute atomic E-state index is 3.63. The van der Waals surface area contributed by atoms with Crippen LogP contribution in [0.25, 0.3) is 0 Å². The second-order valence-electron chi connectivity index (χ2n) is 3.56. The second-order valence-corrected chi connectivity index (χ2v) is 3.56. The molecular weight excluding hydrogens is 124 g/mol. The van der Waals surface area contributed by atoms with Crippen LogP contribution >= 0.6 is 0 Å². The van der Waals surface area contributed by atoms with Crippen molar-refractivity contribution in [1.82, 2.24) is 10.6 Å². The van der Waals surface area contributed by atoms with Crippen molar-refractivity contribution in [2.45, 2.75) is 31.2 Å². The standard InChI is InChI=1S/C8H16N2/c1-2-8(10-5-1)3-6-9-7-4-8/h9-10H,1-7H2. The molecule has 0 aliphatic carbocycles. The van der Waals surface area contributed by atoms with E-state index in [1.807, 2.05) is 0 Å². The summed E-state index contributed by atoms with van der Waals surface area (Å²) in [6.07, 6.45) is 5.48. The van der Waals surface area contributed by atoms with Crippen LogP contribution in [0.1, 0.15) is 25.7 Å². The van der Waals surface area contributed by atoms with Gasteiger partial charge in [0.2, 0.25) is 0 Å². The van der Waals surface area contributed by atoms with E-state index in [2.05, 4.69) is 10.6 Å². The molecule has 58 valence electrons. The molecule has 0 bridgehead atoms. The fraction of sp³-hybridized carbons (Fsp3) is 1.00. The summed E-state index contributed by atoms with van der Waals surface area (Å²) in [7, 11) is 0. The Balaban J connectivity index is 1.98. The number of hydrogen-bond acceptors (Lipinski definition) is 2. The van der Waals surface area contributed by atoms with Gasteiger partial charge in [0, 0.05) is 5.54 Å². The molecule has 2 aliphatic heterocycles. The van der Waals surface area contributed by atoms with Gasteiger partial charge in [-0.1, -0.05) is 0 Å². The zero-order valence-corrected chi connectivity index (χ0v) is 6.45. The van der Waals surface area contributed by atoms with Crippen molar-refractivity contribution >= 4 is 0 Å². The Bertz CT molecular complexity index is 108. The number of piperidine rings is 1. The van der Waals surface area contributed by atoms with E-state index in [4.69, 9.17) is 0 Å². The van der Waals surface area contributed by atoms with Crippen molar-refractivity contribution in [3.8, 4) is 0 Å². The molecule has 0 radical (unpaired) electrons. The Hall–Kier alpha value is -0.0800. The largest absolute Gasteiger partial charge is 0.317 e. The van der Waals surface area contributed by atoms with Crippen molar-refractivity contribution in [1.29, 1.82) is 0 Å². The van der Waals surface area contributed by atoms with Gasteiger partial charge in [0.05, 0.1) is 0 Å². The Kier molecular flexibility index (Phi) is 1.66. The van der Waals surface area contributed by atoms with E-state index in [1.165, 1.54) is 45.3 Å².